The maximum Gasteiger partial charge on any atom is 0.292 e. The van der Waals surface area contributed by atoms with Crippen molar-refractivity contribution in [2.24, 2.45) is 5.41 Å². The van der Waals surface area contributed by atoms with Gasteiger partial charge in [0.25, 0.3) is 5.69 Å². The van der Waals surface area contributed by atoms with Crippen molar-refractivity contribution in [1.82, 2.24) is 0 Å². The van der Waals surface area contributed by atoms with Crippen LogP contribution in [-0.4, -0.2) is 23.1 Å². The van der Waals surface area contributed by atoms with E-state index >= 15 is 0 Å². The van der Waals surface area contributed by atoms with Gasteiger partial charge < -0.3 is 10.0 Å². The number of anilines is 1. The van der Waals surface area contributed by atoms with Crippen molar-refractivity contribution in [3.63, 3.8) is 0 Å². The van der Waals surface area contributed by atoms with Gasteiger partial charge in [0.2, 0.25) is 0 Å². The molecular formula is C16H24N2O3. The Hall–Kier alpha value is -1.62. The number of hydrogen-bond donors (Lipinski definition) is 1. The van der Waals surface area contributed by atoms with E-state index < -0.39 is 0 Å². The molecule has 2 rings (SSSR count). The number of aliphatic hydroxyl groups excluding tert-OH is 1. The first-order valence-electron chi connectivity index (χ1n) is 7.62. The third kappa shape index (κ3) is 3.53. The van der Waals surface area contributed by atoms with Gasteiger partial charge in [-0.15, -0.1) is 0 Å². The molecule has 0 aromatic heterocycles. The fourth-order valence-corrected chi connectivity index (χ4v) is 3.40. The van der Waals surface area contributed by atoms with Crippen LogP contribution >= 0.6 is 0 Å². The van der Waals surface area contributed by atoms with Crippen LogP contribution in [-0.2, 0) is 6.61 Å². The molecule has 1 N–H and O–H groups in total. The van der Waals surface area contributed by atoms with Crippen molar-refractivity contribution >= 4 is 11.4 Å². The SMILES string of the molecule is CCCC1(C)CCCN(c2cc(CO)ccc2[N+](=O)[O-])C1. The molecule has 0 saturated carbocycles. The molecule has 0 radical (unpaired) electrons. The summed E-state index contributed by atoms with van der Waals surface area (Å²) < 4.78 is 0. The number of nitrogens with zero attached hydrogens (tertiary/aromatic N) is 2. The van der Waals surface area contributed by atoms with Gasteiger partial charge in [-0.2, -0.15) is 0 Å². The maximum absolute atomic E-state index is 11.3. The Morgan fingerprint density at radius 1 is 1.48 bits per heavy atom. The van der Waals surface area contributed by atoms with Gasteiger partial charge in [-0.05, 0) is 42.4 Å². The Morgan fingerprint density at radius 3 is 2.86 bits per heavy atom. The maximum atomic E-state index is 11.3. The molecule has 1 atom stereocenters. The molecule has 0 aliphatic carbocycles. The van der Waals surface area contributed by atoms with Crippen LogP contribution in [0, 0.1) is 15.5 Å². The van der Waals surface area contributed by atoms with Crippen LogP contribution in [0.1, 0.15) is 45.1 Å². The molecule has 0 bridgehead atoms. The van der Waals surface area contributed by atoms with Crippen molar-refractivity contribution in [1.29, 1.82) is 0 Å². The highest BCUT2D eigenvalue weighted by molar-refractivity contribution is 5.65. The normalized spacial score (nSPS) is 22.3. The lowest BCUT2D eigenvalue weighted by molar-refractivity contribution is -0.384. The summed E-state index contributed by atoms with van der Waals surface area (Å²) in [6.45, 7) is 6.04. The lowest BCUT2D eigenvalue weighted by Gasteiger charge is -2.41. The van der Waals surface area contributed by atoms with Gasteiger partial charge in [0.1, 0.15) is 5.69 Å². The van der Waals surface area contributed by atoms with Gasteiger partial charge in [-0.25, -0.2) is 0 Å². The molecule has 1 saturated heterocycles. The van der Waals surface area contributed by atoms with Crippen molar-refractivity contribution in [2.45, 2.75) is 46.1 Å². The summed E-state index contributed by atoms with van der Waals surface area (Å²) in [5.41, 5.74) is 1.72. The Morgan fingerprint density at radius 2 is 2.24 bits per heavy atom. The molecule has 1 aliphatic heterocycles. The van der Waals surface area contributed by atoms with Gasteiger partial charge >= 0.3 is 0 Å². The van der Waals surface area contributed by atoms with E-state index in [1.807, 2.05) is 0 Å². The fraction of sp³-hybridized carbons (Fsp3) is 0.625. The molecular weight excluding hydrogens is 268 g/mol. The minimum absolute atomic E-state index is 0.0922. The first-order chi connectivity index (χ1) is 9.99. The number of benzene rings is 1. The quantitative estimate of drug-likeness (QED) is 0.666. The first-order valence-corrected chi connectivity index (χ1v) is 7.62. The van der Waals surface area contributed by atoms with E-state index in [4.69, 9.17) is 0 Å². The largest absolute Gasteiger partial charge is 0.392 e. The zero-order valence-corrected chi connectivity index (χ0v) is 12.8. The summed E-state index contributed by atoms with van der Waals surface area (Å²) in [7, 11) is 0. The number of nitro benzene ring substituents is 1. The lowest BCUT2D eigenvalue weighted by atomic mass is 9.78. The average molecular weight is 292 g/mol. The van der Waals surface area contributed by atoms with E-state index in [-0.39, 0.29) is 22.6 Å². The predicted molar refractivity (Wildman–Crippen MR) is 83.5 cm³/mol. The summed E-state index contributed by atoms with van der Waals surface area (Å²) >= 11 is 0. The minimum atomic E-state index is -0.331. The molecule has 1 fully saturated rings. The van der Waals surface area contributed by atoms with Crippen LogP contribution in [0.25, 0.3) is 0 Å². The smallest absolute Gasteiger partial charge is 0.292 e. The van der Waals surface area contributed by atoms with Crippen LogP contribution in [0.2, 0.25) is 0 Å². The Bertz CT molecular complexity index is 514. The van der Waals surface area contributed by atoms with Gasteiger partial charge in [-0.1, -0.05) is 20.3 Å². The number of nitro groups is 1. The van der Waals surface area contributed by atoms with E-state index in [0.29, 0.717) is 5.69 Å². The molecule has 1 aromatic rings. The van der Waals surface area contributed by atoms with E-state index in [1.54, 1.807) is 12.1 Å². The summed E-state index contributed by atoms with van der Waals surface area (Å²) in [4.78, 5) is 13.1. The van der Waals surface area contributed by atoms with E-state index in [0.717, 1.165) is 37.9 Å². The second-order valence-corrected chi connectivity index (χ2v) is 6.32. The minimum Gasteiger partial charge on any atom is -0.392 e. The first kappa shape index (κ1) is 15.8. The van der Waals surface area contributed by atoms with Crippen LogP contribution in [0.3, 0.4) is 0 Å². The third-order valence-electron chi connectivity index (χ3n) is 4.39. The summed E-state index contributed by atoms with van der Waals surface area (Å²) in [5, 5.41) is 20.6. The van der Waals surface area contributed by atoms with Crippen molar-refractivity contribution < 1.29 is 10.0 Å². The van der Waals surface area contributed by atoms with E-state index in [1.165, 1.54) is 12.5 Å². The highest BCUT2D eigenvalue weighted by atomic mass is 16.6. The van der Waals surface area contributed by atoms with Gasteiger partial charge in [0, 0.05) is 19.2 Å². The third-order valence-corrected chi connectivity index (χ3v) is 4.39. The topological polar surface area (TPSA) is 66.6 Å². The standard InChI is InChI=1S/C16H24N2O3/c1-3-7-16(2)8-4-9-17(12-16)15-10-13(11-19)5-6-14(15)18(20)21/h5-6,10,19H,3-4,7-9,11-12H2,1-2H3. The lowest BCUT2D eigenvalue weighted by Crippen LogP contribution is -2.42. The molecule has 21 heavy (non-hydrogen) atoms. The van der Waals surface area contributed by atoms with Crippen molar-refractivity contribution in [3.8, 4) is 0 Å². The molecule has 116 valence electrons. The number of rotatable bonds is 5. The molecule has 5 heteroatoms. The molecule has 0 amide bonds. The Balaban J connectivity index is 2.33. The molecule has 1 aliphatic rings. The Labute approximate surface area is 125 Å². The molecule has 1 heterocycles. The summed E-state index contributed by atoms with van der Waals surface area (Å²) in [6, 6.07) is 4.89. The van der Waals surface area contributed by atoms with Crippen LogP contribution < -0.4 is 4.90 Å². The van der Waals surface area contributed by atoms with Crippen LogP contribution in [0.5, 0.6) is 0 Å². The van der Waals surface area contributed by atoms with E-state index in [2.05, 4.69) is 18.7 Å². The summed E-state index contributed by atoms with van der Waals surface area (Å²) in [6.07, 6.45) is 4.49. The average Bonchev–Trinajstić information content (AvgIpc) is 2.46. The fourth-order valence-electron chi connectivity index (χ4n) is 3.40. The van der Waals surface area contributed by atoms with Gasteiger partial charge in [0.15, 0.2) is 0 Å². The number of piperidine rings is 1. The summed E-state index contributed by atoms with van der Waals surface area (Å²) in [5.74, 6) is 0. The molecule has 1 unspecified atom stereocenters. The van der Waals surface area contributed by atoms with Crippen molar-refractivity contribution in [2.75, 3.05) is 18.0 Å². The second kappa shape index (κ2) is 6.43. The zero-order chi connectivity index (χ0) is 15.5. The molecule has 5 nitrogen and oxygen atoms in total. The Kier molecular flexibility index (Phi) is 4.83. The van der Waals surface area contributed by atoms with Crippen LogP contribution in [0.4, 0.5) is 11.4 Å². The number of hydrogen-bond acceptors (Lipinski definition) is 4. The van der Waals surface area contributed by atoms with Crippen molar-refractivity contribution in [3.05, 3.63) is 33.9 Å². The van der Waals surface area contributed by atoms with Gasteiger partial charge in [-0.3, -0.25) is 10.1 Å². The highest BCUT2D eigenvalue weighted by Crippen LogP contribution is 2.39. The van der Waals surface area contributed by atoms with E-state index in [9.17, 15) is 15.2 Å². The number of aliphatic hydroxyl groups is 1. The highest BCUT2D eigenvalue weighted by Gasteiger charge is 2.32. The monoisotopic (exact) mass is 292 g/mol. The zero-order valence-electron chi connectivity index (χ0n) is 12.8. The molecule has 0 spiro atoms. The second-order valence-electron chi connectivity index (χ2n) is 6.32. The van der Waals surface area contributed by atoms with Crippen LogP contribution in [0.15, 0.2) is 18.2 Å². The van der Waals surface area contributed by atoms with Gasteiger partial charge in [0.05, 0.1) is 11.5 Å². The predicted octanol–water partition coefficient (Wildman–Crippen LogP) is 3.49. The molecule has 1 aromatic carbocycles.